The van der Waals surface area contributed by atoms with Crippen LogP contribution in [0.1, 0.15) is 33.1 Å². The summed E-state index contributed by atoms with van der Waals surface area (Å²) in [5, 5.41) is 7.16. The zero-order valence-electron chi connectivity index (χ0n) is 12.3. The Morgan fingerprint density at radius 2 is 2.16 bits per heavy atom. The van der Waals surface area contributed by atoms with Gasteiger partial charge in [0.25, 0.3) is 0 Å². The molecule has 19 heavy (non-hydrogen) atoms. The third-order valence-corrected chi connectivity index (χ3v) is 3.55. The normalized spacial score (nSPS) is 25.8. The molecule has 0 aromatic carbocycles. The number of ether oxygens (including phenoxy) is 1. The van der Waals surface area contributed by atoms with E-state index in [0.717, 1.165) is 19.6 Å². The van der Waals surface area contributed by atoms with E-state index >= 15 is 0 Å². The summed E-state index contributed by atoms with van der Waals surface area (Å²) in [6.45, 7) is 6.32. The predicted molar refractivity (Wildman–Crippen MR) is 78.9 cm³/mol. The summed E-state index contributed by atoms with van der Waals surface area (Å²) in [7, 11) is 1.77. The van der Waals surface area contributed by atoms with Crippen LogP contribution in [-0.4, -0.2) is 37.0 Å². The first-order valence-electron chi connectivity index (χ1n) is 7.26. The molecule has 1 saturated carbocycles. The van der Waals surface area contributed by atoms with Gasteiger partial charge in [0, 0.05) is 25.3 Å². The van der Waals surface area contributed by atoms with Crippen LogP contribution in [0.3, 0.4) is 0 Å². The fraction of sp³-hybridized carbons (Fsp3) is 0.625. The topological polar surface area (TPSA) is 24.8 Å². The van der Waals surface area contributed by atoms with Gasteiger partial charge in [-0.2, -0.15) is 5.10 Å². The molecule has 1 atom stereocenters. The highest BCUT2D eigenvalue weighted by molar-refractivity contribution is 6.01. The molecule has 2 fully saturated rings. The van der Waals surface area contributed by atoms with Gasteiger partial charge in [-0.15, -0.1) is 0 Å². The molecule has 1 saturated heterocycles. The monoisotopic (exact) mass is 261 g/mol. The largest absolute Gasteiger partial charge is 0.382 e. The molecule has 2 aliphatic rings. The molecule has 0 unspecified atom stereocenters. The second-order valence-electron chi connectivity index (χ2n) is 5.73. The van der Waals surface area contributed by atoms with Gasteiger partial charge in [0.05, 0.1) is 12.6 Å². The van der Waals surface area contributed by atoms with Gasteiger partial charge in [0.2, 0.25) is 0 Å². The standard InChI is InChI=1S/C16H25N2O/c1-13(2)11-16(14-7-4-5-8-14)17-18-10-6-9-15(18)12-19-3/h4-5,7-8,13,15H,6,9-12H2,1-3H3/b17-16+/t15-/m0/s1. The van der Waals surface area contributed by atoms with Crippen LogP contribution in [0.15, 0.2) is 5.10 Å². The van der Waals surface area contributed by atoms with Gasteiger partial charge in [-0.3, -0.25) is 5.01 Å². The van der Waals surface area contributed by atoms with E-state index < -0.39 is 0 Å². The van der Waals surface area contributed by atoms with E-state index in [2.05, 4.69) is 44.5 Å². The van der Waals surface area contributed by atoms with E-state index in [-0.39, 0.29) is 0 Å². The number of hydrazone groups is 1. The van der Waals surface area contributed by atoms with Crippen molar-refractivity contribution in [2.24, 2.45) is 11.0 Å². The van der Waals surface area contributed by atoms with Crippen LogP contribution in [-0.2, 0) is 4.74 Å². The zero-order chi connectivity index (χ0) is 13.7. The fourth-order valence-corrected chi connectivity index (χ4v) is 2.64. The van der Waals surface area contributed by atoms with Gasteiger partial charge in [-0.25, -0.2) is 0 Å². The van der Waals surface area contributed by atoms with Crippen molar-refractivity contribution in [3.63, 3.8) is 0 Å². The van der Waals surface area contributed by atoms with Crippen LogP contribution < -0.4 is 0 Å². The van der Waals surface area contributed by atoms with Crippen LogP contribution in [0.5, 0.6) is 0 Å². The van der Waals surface area contributed by atoms with E-state index in [1.54, 1.807) is 7.11 Å². The highest BCUT2D eigenvalue weighted by Crippen LogP contribution is 2.29. The molecule has 3 heteroatoms. The Hall–Kier alpha value is -0.570. The lowest BCUT2D eigenvalue weighted by Gasteiger charge is -2.24. The molecule has 1 aliphatic carbocycles. The van der Waals surface area contributed by atoms with Gasteiger partial charge in [-0.1, -0.05) is 13.8 Å². The average molecular weight is 261 g/mol. The lowest BCUT2D eigenvalue weighted by atomic mass is 9.94. The summed E-state index contributed by atoms with van der Waals surface area (Å²) in [5.41, 5.74) is 1.21. The summed E-state index contributed by atoms with van der Waals surface area (Å²) in [4.78, 5) is 0. The molecule has 3 nitrogen and oxygen atoms in total. The van der Waals surface area contributed by atoms with Crippen LogP contribution in [0.4, 0.5) is 0 Å². The SMILES string of the molecule is COC[C@@H]1CCCN1/N=C(\CC(C)C)[C]1[CH][CH][CH][CH]1. The summed E-state index contributed by atoms with van der Waals surface area (Å²) >= 11 is 0. The Labute approximate surface area is 118 Å². The van der Waals surface area contributed by atoms with Crippen molar-refractivity contribution in [1.29, 1.82) is 0 Å². The molecule has 0 amide bonds. The highest BCUT2D eigenvalue weighted by Gasteiger charge is 2.27. The molecule has 0 spiro atoms. The van der Waals surface area contributed by atoms with Gasteiger partial charge < -0.3 is 4.74 Å². The minimum Gasteiger partial charge on any atom is -0.382 e. The van der Waals surface area contributed by atoms with Crippen molar-refractivity contribution in [2.45, 2.75) is 39.2 Å². The molecule has 0 aromatic heterocycles. The number of methoxy groups -OCH3 is 1. The van der Waals surface area contributed by atoms with Gasteiger partial charge >= 0.3 is 0 Å². The molecule has 1 heterocycles. The summed E-state index contributed by atoms with van der Waals surface area (Å²) in [6, 6.07) is 0.446. The third kappa shape index (κ3) is 4.20. The first kappa shape index (κ1) is 14.8. The van der Waals surface area contributed by atoms with E-state index in [1.165, 1.54) is 24.5 Å². The van der Waals surface area contributed by atoms with E-state index in [1.807, 2.05) is 0 Å². The Morgan fingerprint density at radius 1 is 1.42 bits per heavy atom. The molecule has 0 N–H and O–H groups in total. The summed E-state index contributed by atoms with van der Waals surface area (Å²) < 4.78 is 5.30. The van der Waals surface area contributed by atoms with E-state index in [0.29, 0.717) is 12.0 Å². The van der Waals surface area contributed by atoms with E-state index in [4.69, 9.17) is 9.84 Å². The fourth-order valence-electron chi connectivity index (χ4n) is 2.64. The van der Waals surface area contributed by atoms with Crippen molar-refractivity contribution >= 4 is 5.71 Å². The Bertz CT molecular complexity index is 295. The smallest absolute Gasteiger partial charge is 0.0704 e. The maximum atomic E-state index is 5.30. The molecule has 1 aliphatic heterocycles. The Balaban J connectivity index is 2.04. The minimum atomic E-state index is 0.446. The van der Waals surface area contributed by atoms with Gasteiger partial charge in [-0.05, 0) is 50.9 Å². The first-order chi connectivity index (χ1) is 9.20. The Morgan fingerprint density at radius 3 is 2.79 bits per heavy atom. The highest BCUT2D eigenvalue weighted by atomic mass is 16.5. The minimum absolute atomic E-state index is 0.446. The lowest BCUT2D eigenvalue weighted by molar-refractivity contribution is 0.117. The van der Waals surface area contributed by atoms with Crippen LogP contribution >= 0.6 is 0 Å². The van der Waals surface area contributed by atoms with Gasteiger partial charge in [0.1, 0.15) is 0 Å². The average Bonchev–Trinajstić information content (AvgIpc) is 3.00. The molecule has 5 radical (unpaired) electrons. The number of rotatable bonds is 6. The van der Waals surface area contributed by atoms with E-state index in [9.17, 15) is 0 Å². The van der Waals surface area contributed by atoms with Crippen molar-refractivity contribution in [3.8, 4) is 0 Å². The van der Waals surface area contributed by atoms with Crippen LogP contribution in [0.25, 0.3) is 0 Å². The molecule has 2 rings (SSSR count). The quantitative estimate of drug-likeness (QED) is 0.687. The predicted octanol–water partition coefficient (Wildman–Crippen LogP) is 2.90. The van der Waals surface area contributed by atoms with Crippen molar-refractivity contribution in [1.82, 2.24) is 5.01 Å². The zero-order valence-corrected chi connectivity index (χ0v) is 12.3. The van der Waals surface area contributed by atoms with Crippen LogP contribution in [0, 0.1) is 37.5 Å². The third-order valence-electron chi connectivity index (χ3n) is 3.55. The number of hydrogen-bond acceptors (Lipinski definition) is 3. The summed E-state index contributed by atoms with van der Waals surface area (Å²) in [5.74, 6) is 1.88. The van der Waals surface area contributed by atoms with Crippen molar-refractivity contribution in [3.05, 3.63) is 31.6 Å². The summed E-state index contributed by atoms with van der Waals surface area (Å²) in [6.07, 6.45) is 11.9. The van der Waals surface area contributed by atoms with Crippen molar-refractivity contribution < 1.29 is 4.74 Å². The lowest BCUT2D eigenvalue weighted by Crippen LogP contribution is -2.30. The Kier molecular flexibility index (Phi) is 5.68. The number of hydrogen-bond donors (Lipinski definition) is 0. The maximum Gasteiger partial charge on any atom is 0.0704 e. The molecule has 105 valence electrons. The van der Waals surface area contributed by atoms with Crippen LogP contribution in [0.2, 0.25) is 0 Å². The van der Waals surface area contributed by atoms with Gasteiger partial charge in [0.15, 0.2) is 0 Å². The van der Waals surface area contributed by atoms with Crippen molar-refractivity contribution in [2.75, 3.05) is 20.3 Å². The molecule has 0 bridgehead atoms. The number of nitrogens with zero attached hydrogens (tertiary/aromatic N) is 2. The first-order valence-corrected chi connectivity index (χ1v) is 7.26. The maximum absolute atomic E-state index is 5.30. The molecule has 0 aromatic rings. The second kappa shape index (κ2) is 7.28. The second-order valence-corrected chi connectivity index (χ2v) is 5.73. The molecular weight excluding hydrogens is 236 g/mol. The molecular formula is C16H25N2O.